The molecule has 15 heavy (non-hydrogen) atoms. The van der Waals surface area contributed by atoms with Crippen molar-refractivity contribution in [3.05, 3.63) is 23.8 Å². The van der Waals surface area contributed by atoms with Gasteiger partial charge in [0.25, 0.3) is 0 Å². The molecule has 0 bridgehead atoms. The first-order valence-electron chi connectivity index (χ1n) is 4.77. The van der Waals surface area contributed by atoms with Crippen molar-refractivity contribution in [2.45, 2.75) is 19.4 Å². The number of rotatable bonds is 1. The Hall–Kier alpha value is -1.71. The van der Waals surface area contributed by atoms with Gasteiger partial charge in [-0.3, -0.25) is 0 Å². The molecule has 0 spiro atoms. The van der Waals surface area contributed by atoms with Crippen LogP contribution in [0.2, 0.25) is 0 Å². The third-order valence-electron chi connectivity index (χ3n) is 2.60. The molecular weight excluding hydrogens is 194 g/mol. The van der Waals surface area contributed by atoms with Crippen molar-refractivity contribution in [1.29, 1.82) is 0 Å². The first kappa shape index (κ1) is 9.83. The van der Waals surface area contributed by atoms with Crippen LogP contribution in [0.15, 0.2) is 18.2 Å². The highest BCUT2D eigenvalue weighted by atomic mass is 16.5. The van der Waals surface area contributed by atoms with E-state index in [1.807, 2.05) is 25.1 Å². The zero-order valence-corrected chi connectivity index (χ0v) is 8.70. The van der Waals surface area contributed by atoms with E-state index in [0.717, 1.165) is 17.0 Å². The summed E-state index contributed by atoms with van der Waals surface area (Å²) >= 11 is 0. The van der Waals surface area contributed by atoms with Gasteiger partial charge in [0.05, 0.1) is 5.69 Å². The van der Waals surface area contributed by atoms with Gasteiger partial charge in [-0.25, -0.2) is 4.79 Å². The number of carboxylic acids is 1. The van der Waals surface area contributed by atoms with Crippen LogP contribution in [0.1, 0.15) is 12.5 Å². The summed E-state index contributed by atoms with van der Waals surface area (Å²) in [7, 11) is 0. The Morgan fingerprint density at radius 2 is 2.33 bits per heavy atom. The lowest BCUT2D eigenvalue weighted by molar-refractivity contribution is -0.143. The predicted octanol–water partition coefficient (Wildman–Crippen LogP) is 1.64. The van der Waals surface area contributed by atoms with E-state index in [1.165, 1.54) is 0 Å². The molecule has 0 saturated heterocycles. The molecule has 1 aliphatic heterocycles. The minimum atomic E-state index is -1.04. The van der Waals surface area contributed by atoms with Crippen molar-refractivity contribution in [1.82, 2.24) is 0 Å². The Morgan fingerprint density at radius 3 is 3.00 bits per heavy atom. The molecule has 4 heteroatoms. The van der Waals surface area contributed by atoms with Crippen molar-refractivity contribution in [3.8, 4) is 5.75 Å². The number of benzene rings is 1. The zero-order chi connectivity index (χ0) is 11.1. The van der Waals surface area contributed by atoms with Gasteiger partial charge in [0, 0.05) is 0 Å². The minimum absolute atomic E-state index is 0.139. The summed E-state index contributed by atoms with van der Waals surface area (Å²) in [6, 6.07) is 5.63. The van der Waals surface area contributed by atoms with Gasteiger partial charge in [0.1, 0.15) is 12.4 Å². The van der Waals surface area contributed by atoms with Crippen LogP contribution >= 0.6 is 0 Å². The normalized spacial score (nSPS) is 23.6. The van der Waals surface area contributed by atoms with Crippen LogP contribution in [0.3, 0.4) is 0 Å². The molecule has 80 valence electrons. The Kier molecular flexibility index (Phi) is 2.07. The number of ether oxygens (including phenoxy) is 1. The van der Waals surface area contributed by atoms with E-state index in [9.17, 15) is 4.79 Å². The second-order valence-electron chi connectivity index (χ2n) is 4.00. The fourth-order valence-corrected chi connectivity index (χ4v) is 1.61. The van der Waals surface area contributed by atoms with Crippen LogP contribution in [-0.2, 0) is 4.79 Å². The van der Waals surface area contributed by atoms with Gasteiger partial charge in [0.15, 0.2) is 5.54 Å². The van der Waals surface area contributed by atoms with Crippen LogP contribution in [0, 0.1) is 6.92 Å². The molecule has 4 nitrogen and oxygen atoms in total. The van der Waals surface area contributed by atoms with E-state index in [-0.39, 0.29) is 6.61 Å². The summed E-state index contributed by atoms with van der Waals surface area (Å²) in [4.78, 5) is 11.0. The molecule has 1 heterocycles. The maximum atomic E-state index is 11.0. The van der Waals surface area contributed by atoms with Crippen molar-refractivity contribution < 1.29 is 14.6 Å². The molecule has 2 rings (SSSR count). The quantitative estimate of drug-likeness (QED) is 0.735. The summed E-state index contributed by atoms with van der Waals surface area (Å²) < 4.78 is 5.49. The summed E-state index contributed by atoms with van der Waals surface area (Å²) in [6.45, 7) is 3.69. The molecule has 1 aromatic carbocycles. The molecule has 0 radical (unpaired) electrons. The maximum Gasteiger partial charge on any atom is 0.332 e. The van der Waals surface area contributed by atoms with E-state index in [0.29, 0.717) is 0 Å². The average Bonchev–Trinajstić information content (AvgIpc) is 2.17. The number of carbonyl (C=O) groups is 1. The Bertz CT molecular complexity index is 416. The first-order chi connectivity index (χ1) is 7.03. The third-order valence-corrected chi connectivity index (χ3v) is 2.60. The topological polar surface area (TPSA) is 58.6 Å². The number of anilines is 1. The Labute approximate surface area is 87.9 Å². The summed E-state index contributed by atoms with van der Waals surface area (Å²) in [5.74, 6) is -0.161. The SMILES string of the molecule is Cc1cccc2c1OCC(C)(C(=O)O)N2. The number of para-hydroxylation sites is 1. The van der Waals surface area contributed by atoms with E-state index in [4.69, 9.17) is 9.84 Å². The summed E-state index contributed by atoms with van der Waals surface area (Å²) in [5, 5.41) is 12.0. The molecule has 1 atom stereocenters. The molecule has 0 saturated carbocycles. The minimum Gasteiger partial charge on any atom is -0.488 e. The lowest BCUT2D eigenvalue weighted by Gasteiger charge is -2.33. The van der Waals surface area contributed by atoms with E-state index >= 15 is 0 Å². The second kappa shape index (κ2) is 3.15. The smallest absolute Gasteiger partial charge is 0.332 e. The van der Waals surface area contributed by atoms with Crippen LogP contribution in [0.4, 0.5) is 5.69 Å². The highest BCUT2D eigenvalue weighted by Crippen LogP contribution is 2.35. The lowest BCUT2D eigenvalue weighted by atomic mass is 10.0. The van der Waals surface area contributed by atoms with Crippen LogP contribution < -0.4 is 10.1 Å². The number of nitrogens with one attached hydrogen (secondary N) is 1. The predicted molar refractivity (Wildman–Crippen MR) is 56.3 cm³/mol. The highest BCUT2D eigenvalue weighted by molar-refractivity contribution is 5.84. The van der Waals surface area contributed by atoms with Gasteiger partial charge in [-0.05, 0) is 25.5 Å². The molecule has 1 aliphatic rings. The van der Waals surface area contributed by atoms with Gasteiger partial charge in [-0.15, -0.1) is 0 Å². The fourth-order valence-electron chi connectivity index (χ4n) is 1.61. The molecule has 2 N–H and O–H groups in total. The number of fused-ring (bicyclic) bond motifs is 1. The Balaban J connectivity index is 2.39. The van der Waals surface area contributed by atoms with Crippen LogP contribution in [0.25, 0.3) is 0 Å². The third kappa shape index (κ3) is 1.52. The van der Waals surface area contributed by atoms with Gasteiger partial charge in [-0.1, -0.05) is 12.1 Å². The molecule has 0 amide bonds. The maximum absolute atomic E-state index is 11.0. The zero-order valence-electron chi connectivity index (χ0n) is 8.70. The van der Waals surface area contributed by atoms with Crippen molar-refractivity contribution in [2.24, 2.45) is 0 Å². The molecule has 1 unspecified atom stereocenters. The number of aryl methyl sites for hydroxylation is 1. The second-order valence-corrected chi connectivity index (χ2v) is 4.00. The molecule has 0 fully saturated rings. The average molecular weight is 207 g/mol. The van der Waals surface area contributed by atoms with Crippen LogP contribution in [0.5, 0.6) is 5.75 Å². The van der Waals surface area contributed by atoms with Gasteiger partial charge >= 0.3 is 5.97 Å². The van der Waals surface area contributed by atoms with E-state index in [2.05, 4.69) is 5.32 Å². The largest absolute Gasteiger partial charge is 0.488 e. The van der Waals surface area contributed by atoms with Crippen molar-refractivity contribution in [3.63, 3.8) is 0 Å². The molecule has 0 aromatic heterocycles. The summed E-state index contributed by atoms with van der Waals surface area (Å²) in [5.41, 5.74) is 0.708. The van der Waals surface area contributed by atoms with Gasteiger partial charge in [0.2, 0.25) is 0 Å². The number of hydrogen-bond acceptors (Lipinski definition) is 3. The lowest BCUT2D eigenvalue weighted by Crippen LogP contribution is -2.50. The molecular formula is C11H13NO3. The van der Waals surface area contributed by atoms with E-state index < -0.39 is 11.5 Å². The summed E-state index contributed by atoms with van der Waals surface area (Å²) in [6.07, 6.45) is 0. The van der Waals surface area contributed by atoms with Crippen molar-refractivity contribution >= 4 is 11.7 Å². The number of hydrogen-bond donors (Lipinski definition) is 2. The Morgan fingerprint density at radius 1 is 1.60 bits per heavy atom. The number of aliphatic carboxylic acids is 1. The fraction of sp³-hybridized carbons (Fsp3) is 0.364. The van der Waals surface area contributed by atoms with Crippen LogP contribution in [-0.4, -0.2) is 23.2 Å². The monoisotopic (exact) mass is 207 g/mol. The van der Waals surface area contributed by atoms with Gasteiger partial charge in [-0.2, -0.15) is 0 Å². The van der Waals surface area contributed by atoms with Crippen molar-refractivity contribution in [2.75, 3.05) is 11.9 Å². The standard InChI is InChI=1S/C11H13NO3/c1-7-4-3-5-8-9(7)15-6-11(2,12-8)10(13)14/h3-5,12H,6H2,1-2H3,(H,13,14). The van der Waals surface area contributed by atoms with E-state index in [1.54, 1.807) is 6.92 Å². The first-order valence-corrected chi connectivity index (χ1v) is 4.77. The van der Waals surface area contributed by atoms with Gasteiger partial charge < -0.3 is 15.2 Å². The molecule has 0 aliphatic carbocycles. The molecule has 1 aromatic rings. The number of carboxylic acid groups (broad SMARTS) is 1. The highest BCUT2D eigenvalue weighted by Gasteiger charge is 2.38.